The lowest BCUT2D eigenvalue weighted by atomic mass is 10.1. The van der Waals surface area contributed by atoms with E-state index in [1.54, 1.807) is 12.1 Å². The molecule has 0 unspecified atom stereocenters. The fraction of sp³-hybridized carbons (Fsp3) is 0.500. The molecule has 1 aromatic carbocycles. The SMILES string of the molecule is CC(C)[C@@H](CO)NCc1ccc(F)c(Cl)c1. The highest BCUT2D eigenvalue weighted by Crippen LogP contribution is 2.16. The van der Waals surface area contributed by atoms with E-state index in [0.717, 1.165) is 5.56 Å². The van der Waals surface area contributed by atoms with Crippen LogP contribution in [-0.4, -0.2) is 17.8 Å². The van der Waals surface area contributed by atoms with Crippen molar-refractivity contribution in [1.29, 1.82) is 0 Å². The van der Waals surface area contributed by atoms with Crippen molar-refractivity contribution in [2.45, 2.75) is 26.4 Å². The third kappa shape index (κ3) is 3.74. The van der Waals surface area contributed by atoms with Gasteiger partial charge >= 0.3 is 0 Å². The lowest BCUT2D eigenvalue weighted by molar-refractivity contribution is 0.210. The van der Waals surface area contributed by atoms with Crippen LogP contribution in [0.3, 0.4) is 0 Å². The number of benzene rings is 1. The van der Waals surface area contributed by atoms with Gasteiger partial charge in [-0.2, -0.15) is 0 Å². The van der Waals surface area contributed by atoms with E-state index in [1.807, 2.05) is 13.8 Å². The Kier molecular flexibility index (Phi) is 5.19. The Labute approximate surface area is 100 Å². The van der Waals surface area contributed by atoms with Crippen LogP contribution in [0.4, 0.5) is 4.39 Å². The smallest absolute Gasteiger partial charge is 0.141 e. The van der Waals surface area contributed by atoms with E-state index in [1.165, 1.54) is 6.07 Å². The largest absolute Gasteiger partial charge is 0.395 e. The van der Waals surface area contributed by atoms with Gasteiger partial charge in [-0.1, -0.05) is 31.5 Å². The molecule has 0 saturated carbocycles. The second-order valence-electron chi connectivity index (χ2n) is 4.16. The van der Waals surface area contributed by atoms with Gasteiger partial charge in [-0.3, -0.25) is 0 Å². The highest BCUT2D eigenvalue weighted by molar-refractivity contribution is 6.30. The van der Waals surface area contributed by atoms with Crippen LogP contribution in [0.5, 0.6) is 0 Å². The first-order valence-corrected chi connectivity index (χ1v) is 5.70. The normalized spacial score (nSPS) is 13.1. The molecule has 0 amide bonds. The maximum Gasteiger partial charge on any atom is 0.141 e. The lowest BCUT2D eigenvalue weighted by Gasteiger charge is -2.20. The van der Waals surface area contributed by atoms with E-state index < -0.39 is 5.82 Å². The molecule has 0 radical (unpaired) electrons. The second kappa shape index (κ2) is 6.18. The summed E-state index contributed by atoms with van der Waals surface area (Å²) in [5.41, 5.74) is 0.908. The molecule has 0 bridgehead atoms. The fourth-order valence-electron chi connectivity index (χ4n) is 1.41. The predicted molar refractivity (Wildman–Crippen MR) is 64.0 cm³/mol. The second-order valence-corrected chi connectivity index (χ2v) is 4.57. The molecule has 0 aliphatic heterocycles. The fourth-order valence-corrected chi connectivity index (χ4v) is 1.61. The van der Waals surface area contributed by atoms with Crippen molar-refractivity contribution < 1.29 is 9.50 Å². The summed E-state index contributed by atoms with van der Waals surface area (Å²) >= 11 is 5.67. The van der Waals surface area contributed by atoms with Gasteiger partial charge in [0.15, 0.2) is 0 Å². The molecule has 0 aliphatic carbocycles. The van der Waals surface area contributed by atoms with Crippen LogP contribution in [0.2, 0.25) is 5.02 Å². The van der Waals surface area contributed by atoms with Crippen molar-refractivity contribution in [2.24, 2.45) is 5.92 Å². The van der Waals surface area contributed by atoms with Crippen LogP contribution in [0.15, 0.2) is 18.2 Å². The summed E-state index contributed by atoms with van der Waals surface area (Å²) in [6.07, 6.45) is 0. The first kappa shape index (κ1) is 13.4. The number of rotatable bonds is 5. The number of halogens is 2. The molecule has 16 heavy (non-hydrogen) atoms. The van der Waals surface area contributed by atoms with Gasteiger partial charge in [-0.15, -0.1) is 0 Å². The van der Waals surface area contributed by atoms with E-state index in [0.29, 0.717) is 12.5 Å². The minimum atomic E-state index is -0.409. The maximum atomic E-state index is 12.9. The molecule has 2 N–H and O–H groups in total. The monoisotopic (exact) mass is 245 g/mol. The molecule has 1 rings (SSSR count). The standard InChI is InChI=1S/C12H17ClFNO/c1-8(2)12(7-16)15-6-9-3-4-11(14)10(13)5-9/h3-5,8,12,15-16H,6-7H2,1-2H3/t12-/m1/s1. The Hall–Kier alpha value is -0.640. The molecule has 0 spiro atoms. The Morgan fingerprint density at radius 3 is 2.62 bits per heavy atom. The van der Waals surface area contributed by atoms with E-state index in [4.69, 9.17) is 16.7 Å². The minimum Gasteiger partial charge on any atom is -0.395 e. The van der Waals surface area contributed by atoms with Crippen LogP contribution in [0.1, 0.15) is 19.4 Å². The average Bonchev–Trinajstić information content (AvgIpc) is 2.23. The molecule has 1 atom stereocenters. The van der Waals surface area contributed by atoms with Gasteiger partial charge in [0.25, 0.3) is 0 Å². The summed E-state index contributed by atoms with van der Waals surface area (Å²) in [6.45, 7) is 4.73. The van der Waals surface area contributed by atoms with Crippen molar-refractivity contribution in [1.82, 2.24) is 5.32 Å². The topological polar surface area (TPSA) is 32.3 Å². The van der Waals surface area contributed by atoms with Crippen molar-refractivity contribution in [3.8, 4) is 0 Å². The van der Waals surface area contributed by atoms with Crippen LogP contribution in [0.25, 0.3) is 0 Å². The van der Waals surface area contributed by atoms with Gasteiger partial charge in [0.2, 0.25) is 0 Å². The van der Waals surface area contributed by atoms with Crippen molar-refractivity contribution in [2.75, 3.05) is 6.61 Å². The summed E-state index contributed by atoms with van der Waals surface area (Å²) < 4.78 is 12.9. The van der Waals surface area contributed by atoms with Gasteiger partial charge in [-0.25, -0.2) is 4.39 Å². The molecular weight excluding hydrogens is 229 g/mol. The zero-order valence-corrected chi connectivity index (χ0v) is 10.3. The maximum absolute atomic E-state index is 12.9. The number of aliphatic hydroxyl groups excluding tert-OH is 1. The lowest BCUT2D eigenvalue weighted by Crippen LogP contribution is -2.36. The molecule has 0 aromatic heterocycles. The number of aliphatic hydroxyl groups is 1. The summed E-state index contributed by atoms with van der Waals surface area (Å²) in [7, 11) is 0. The van der Waals surface area contributed by atoms with Gasteiger partial charge in [0.1, 0.15) is 5.82 Å². The molecule has 0 saturated heterocycles. The van der Waals surface area contributed by atoms with E-state index in [2.05, 4.69) is 5.32 Å². The highest BCUT2D eigenvalue weighted by atomic mass is 35.5. The Bertz CT molecular complexity index is 344. The third-order valence-electron chi connectivity index (χ3n) is 2.55. The van der Waals surface area contributed by atoms with Crippen LogP contribution in [-0.2, 0) is 6.54 Å². The summed E-state index contributed by atoms with van der Waals surface area (Å²) in [4.78, 5) is 0. The van der Waals surface area contributed by atoms with Gasteiger partial charge in [0.05, 0.1) is 11.6 Å². The quantitative estimate of drug-likeness (QED) is 0.836. The van der Waals surface area contributed by atoms with Gasteiger partial charge < -0.3 is 10.4 Å². The van der Waals surface area contributed by atoms with Gasteiger partial charge in [0, 0.05) is 12.6 Å². The Morgan fingerprint density at radius 2 is 2.12 bits per heavy atom. The summed E-state index contributed by atoms with van der Waals surface area (Å²) in [6, 6.07) is 4.67. The Balaban J connectivity index is 2.57. The predicted octanol–water partition coefficient (Wildman–Crippen LogP) is 2.59. The first-order chi connectivity index (χ1) is 7.54. The molecule has 4 heteroatoms. The highest BCUT2D eigenvalue weighted by Gasteiger charge is 2.11. The van der Waals surface area contributed by atoms with Crippen LogP contribution < -0.4 is 5.32 Å². The van der Waals surface area contributed by atoms with Gasteiger partial charge in [-0.05, 0) is 23.6 Å². The van der Waals surface area contributed by atoms with Crippen molar-refractivity contribution >= 4 is 11.6 Å². The molecular formula is C12H17ClFNO. The van der Waals surface area contributed by atoms with Crippen LogP contribution >= 0.6 is 11.6 Å². The third-order valence-corrected chi connectivity index (χ3v) is 2.84. The molecule has 0 heterocycles. The van der Waals surface area contributed by atoms with E-state index in [9.17, 15) is 4.39 Å². The Morgan fingerprint density at radius 1 is 1.44 bits per heavy atom. The van der Waals surface area contributed by atoms with Crippen molar-refractivity contribution in [3.05, 3.63) is 34.6 Å². The molecule has 90 valence electrons. The summed E-state index contributed by atoms with van der Waals surface area (Å²) in [5, 5.41) is 12.5. The number of hydrogen-bond donors (Lipinski definition) is 2. The number of hydrogen-bond acceptors (Lipinski definition) is 2. The van der Waals surface area contributed by atoms with Crippen molar-refractivity contribution in [3.63, 3.8) is 0 Å². The first-order valence-electron chi connectivity index (χ1n) is 5.32. The molecule has 1 aromatic rings. The average molecular weight is 246 g/mol. The minimum absolute atomic E-state index is 0.0452. The summed E-state index contributed by atoms with van der Waals surface area (Å²) in [5.74, 6) is -0.0612. The van der Waals surface area contributed by atoms with E-state index in [-0.39, 0.29) is 17.7 Å². The zero-order chi connectivity index (χ0) is 12.1. The number of nitrogens with one attached hydrogen (secondary N) is 1. The van der Waals surface area contributed by atoms with E-state index >= 15 is 0 Å². The van der Waals surface area contributed by atoms with Crippen LogP contribution in [0, 0.1) is 11.7 Å². The zero-order valence-electron chi connectivity index (χ0n) is 9.50. The molecule has 2 nitrogen and oxygen atoms in total. The molecule has 0 fully saturated rings. The molecule has 0 aliphatic rings.